The van der Waals surface area contributed by atoms with Crippen LogP contribution in [0.1, 0.15) is 60.7 Å². The fraction of sp³-hybridized carbons (Fsp3) is 0.524. The summed E-state index contributed by atoms with van der Waals surface area (Å²) in [5.74, 6) is 2.26. The fourth-order valence-corrected chi connectivity index (χ4v) is 4.26. The van der Waals surface area contributed by atoms with E-state index in [1.807, 2.05) is 6.07 Å². The van der Waals surface area contributed by atoms with Gasteiger partial charge in [-0.2, -0.15) is 0 Å². The number of nitrogens with zero attached hydrogens (tertiary/aromatic N) is 2. The minimum Gasteiger partial charge on any atom is -0.508 e. The van der Waals surface area contributed by atoms with Gasteiger partial charge < -0.3 is 14.8 Å². The molecular formula is C21H27N3O3. The maximum Gasteiger partial charge on any atom is 0.255 e. The summed E-state index contributed by atoms with van der Waals surface area (Å²) < 4.78 is 5.25. The van der Waals surface area contributed by atoms with Crippen LogP contribution in [-0.2, 0) is 19.5 Å². The van der Waals surface area contributed by atoms with E-state index in [4.69, 9.17) is 9.72 Å². The zero-order valence-electron chi connectivity index (χ0n) is 15.8. The number of methoxy groups -OCH3 is 1. The molecule has 0 unspecified atom stereocenters. The maximum atomic E-state index is 12.7. The van der Waals surface area contributed by atoms with Gasteiger partial charge in [0.15, 0.2) is 0 Å². The molecule has 2 aromatic rings. The van der Waals surface area contributed by atoms with E-state index in [9.17, 15) is 9.90 Å². The molecular weight excluding hydrogens is 342 g/mol. The van der Waals surface area contributed by atoms with Gasteiger partial charge in [-0.25, -0.2) is 4.98 Å². The Hall–Kier alpha value is -2.34. The molecule has 4 rings (SSSR count). The maximum absolute atomic E-state index is 12.7. The number of aromatic amines is 1. The molecule has 0 radical (unpaired) electrons. The number of rotatable bonds is 4. The number of ether oxygens (including phenoxy) is 1. The molecule has 2 N–H and O–H groups in total. The summed E-state index contributed by atoms with van der Waals surface area (Å²) in [4.78, 5) is 22.8. The van der Waals surface area contributed by atoms with Crippen LogP contribution in [-0.4, -0.2) is 33.6 Å². The monoisotopic (exact) mass is 369 g/mol. The van der Waals surface area contributed by atoms with Crippen LogP contribution in [0.2, 0.25) is 0 Å². The molecule has 1 aromatic heterocycles. The molecule has 6 nitrogen and oxygen atoms in total. The Morgan fingerprint density at radius 2 is 2.11 bits per heavy atom. The summed E-state index contributed by atoms with van der Waals surface area (Å²) in [6.07, 6.45) is 6.76. The topological polar surface area (TPSA) is 78.5 Å². The van der Waals surface area contributed by atoms with Gasteiger partial charge in [0.25, 0.3) is 5.56 Å². The predicted octanol–water partition coefficient (Wildman–Crippen LogP) is 3.09. The van der Waals surface area contributed by atoms with Crippen molar-refractivity contribution in [1.82, 2.24) is 14.9 Å². The average Bonchev–Trinajstić information content (AvgIpc) is 2.70. The van der Waals surface area contributed by atoms with E-state index in [0.29, 0.717) is 19.0 Å². The number of phenols is 1. The third-order valence-corrected chi connectivity index (χ3v) is 5.84. The number of hydrogen-bond donors (Lipinski definition) is 2. The number of phenolic OH excluding ortho intramolecular Hbond substituents is 1. The van der Waals surface area contributed by atoms with Gasteiger partial charge in [0.05, 0.1) is 18.4 Å². The van der Waals surface area contributed by atoms with Crippen molar-refractivity contribution in [3.8, 4) is 11.5 Å². The summed E-state index contributed by atoms with van der Waals surface area (Å²) in [5.41, 5.74) is 2.52. The second-order valence-electron chi connectivity index (χ2n) is 7.67. The number of H-pyrrole nitrogens is 1. The summed E-state index contributed by atoms with van der Waals surface area (Å²) in [5, 5.41) is 10.1. The van der Waals surface area contributed by atoms with Gasteiger partial charge in [0.1, 0.15) is 17.3 Å². The summed E-state index contributed by atoms with van der Waals surface area (Å²) >= 11 is 0. The molecule has 1 aromatic carbocycles. The van der Waals surface area contributed by atoms with Gasteiger partial charge >= 0.3 is 0 Å². The molecule has 6 heteroatoms. The minimum atomic E-state index is 0.000127. The average molecular weight is 369 g/mol. The molecule has 2 heterocycles. The second-order valence-corrected chi connectivity index (χ2v) is 7.67. The van der Waals surface area contributed by atoms with E-state index in [1.165, 1.54) is 19.3 Å². The number of aromatic nitrogens is 2. The first-order valence-electron chi connectivity index (χ1n) is 9.84. The van der Waals surface area contributed by atoms with E-state index in [0.717, 1.165) is 54.2 Å². The fourth-order valence-electron chi connectivity index (χ4n) is 4.26. The van der Waals surface area contributed by atoms with Crippen molar-refractivity contribution >= 4 is 0 Å². The van der Waals surface area contributed by atoms with Crippen molar-refractivity contribution in [2.24, 2.45) is 0 Å². The number of benzene rings is 1. The predicted molar refractivity (Wildman–Crippen MR) is 103 cm³/mol. The quantitative estimate of drug-likeness (QED) is 0.866. The number of hydrogen-bond acceptors (Lipinski definition) is 5. The summed E-state index contributed by atoms with van der Waals surface area (Å²) in [6, 6.07) is 5.24. The molecule has 1 aliphatic heterocycles. The molecule has 144 valence electrons. The van der Waals surface area contributed by atoms with Crippen molar-refractivity contribution in [1.29, 1.82) is 0 Å². The first-order valence-corrected chi connectivity index (χ1v) is 9.84. The number of aromatic hydroxyl groups is 1. The highest BCUT2D eigenvalue weighted by atomic mass is 16.5. The van der Waals surface area contributed by atoms with E-state index in [-0.39, 0.29) is 11.3 Å². The van der Waals surface area contributed by atoms with E-state index >= 15 is 0 Å². The SMILES string of the molecule is COc1ccc(O)c(CN2CCc3nc(C4CCCCC4)[nH]c(=O)c3C2)c1. The summed E-state index contributed by atoms with van der Waals surface area (Å²) in [7, 11) is 1.61. The van der Waals surface area contributed by atoms with E-state index < -0.39 is 0 Å². The second kappa shape index (κ2) is 7.72. The zero-order chi connectivity index (χ0) is 18.8. The third kappa shape index (κ3) is 3.86. The van der Waals surface area contributed by atoms with Crippen LogP contribution in [0.4, 0.5) is 0 Å². The molecule has 0 spiro atoms. The standard InChI is InChI=1S/C21H27N3O3/c1-27-16-7-8-19(25)15(11-16)12-24-10-9-18-17(13-24)21(26)23-20(22-18)14-5-3-2-4-6-14/h7-8,11,14,25H,2-6,9-10,12-13H2,1H3,(H,22,23,26). The molecule has 1 saturated carbocycles. The molecule has 2 aliphatic rings. The molecule has 0 amide bonds. The highest BCUT2D eigenvalue weighted by Gasteiger charge is 2.25. The highest BCUT2D eigenvalue weighted by Crippen LogP contribution is 2.31. The Labute approximate surface area is 159 Å². The smallest absolute Gasteiger partial charge is 0.255 e. The van der Waals surface area contributed by atoms with Gasteiger partial charge in [0.2, 0.25) is 0 Å². The van der Waals surface area contributed by atoms with Crippen molar-refractivity contribution in [2.45, 2.75) is 57.5 Å². The van der Waals surface area contributed by atoms with Crippen molar-refractivity contribution < 1.29 is 9.84 Å². The van der Waals surface area contributed by atoms with Crippen molar-refractivity contribution in [3.05, 3.63) is 51.2 Å². The number of fused-ring (bicyclic) bond motifs is 1. The van der Waals surface area contributed by atoms with E-state index in [2.05, 4.69) is 9.88 Å². The molecule has 1 aliphatic carbocycles. The largest absolute Gasteiger partial charge is 0.508 e. The lowest BCUT2D eigenvalue weighted by Gasteiger charge is -2.29. The summed E-state index contributed by atoms with van der Waals surface area (Å²) in [6.45, 7) is 1.95. The Bertz CT molecular complexity index is 871. The van der Waals surface area contributed by atoms with Crippen LogP contribution in [0.3, 0.4) is 0 Å². The Morgan fingerprint density at radius 3 is 2.89 bits per heavy atom. The van der Waals surface area contributed by atoms with Crippen molar-refractivity contribution in [2.75, 3.05) is 13.7 Å². The Morgan fingerprint density at radius 1 is 1.30 bits per heavy atom. The van der Waals surface area contributed by atoms with Crippen LogP contribution in [0.5, 0.6) is 11.5 Å². The van der Waals surface area contributed by atoms with E-state index in [1.54, 1.807) is 19.2 Å². The first kappa shape index (κ1) is 18.0. The normalized spacial score (nSPS) is 18.3. The van der Waals surface area contributed by atoms with Gasteiger partial charge in [-0.3, -0.25) is 9.69 Å². The molecule has 0 saturated heterocycles. The highest BCUT2D eigenvalue weighted by molar-refractivity contribution is 5.39. The van der Waals surface area contributed by atoms with Gasteiger partial charge in [-0.15, -0.1) is 0 Å². The van der Waals surface area contributed by atoms with Gasteiger partial charge in [0, 0.05) is 37.5 Å². The number of nitrogens with one attached hydrogen (secondary N) is 1. The third-order valence-electron chi connectivity index (χ3n) is 5.84. The Kier molecular flexibility index (Phi) is 5.16. The molecule has 27 heavy (non-hydrogen) atoms. The Balaban J connectivity index is 1.52. The molecule has 0 bridgehead atoms. The van der Waals surface area contributed by atoms with Crippen LogP contribution >= 0.6 is 0 Å². The van der Waals surface area contributed by atoms with Gasteiger partial charge in [-0.05, 0) is 31.0 Å². The lowest BCUT2D eigenvalue weighted by molar-refractivity contribution is 0.237. The van der Waals surface area contributed by atoms with Crippen LogP contribution in [0.15, 0.2) is 23.0 Å². The minimum absolute atomic E-state index is 0.000127. The molecule has 0 atom stereocenters. The van der Waals surface area contributed by atoms with Crippen LogP contribution < -0.4 is 10.3 Å². The van der Waals surface area contributed by atoms with Crippen molar-refractivity contribution in [3.63, 3.8) is 0 Å². The zero-order valence-corrected chi connectivity index (χ0v) is 15.8. The lowest BCUT2D eigenvalue weighted by Crippen LogP contribution is -2.36. The van der Waals surface area contributed by atoms with Gasteiger partial charge in [-0.1, -0.05) is 19.3 Å². The molecule has 1 fully saturated rings. The van der Waals surface area contributed by atoms with Crippen LogP contribution in [0, 0.1) is 0 Å². The van der Waals surface area contributed by atoms with Crippen LogP contribution in [0.25, 0.3) is 0 Å². The lowest BCUT2D eigenvalue weighted by atomic mass is 9.88. The first-order chi connectivity index (χ1) is 13.1.